The van der Waals surface area contributed by atoms with Crippen LogP contribution in [0.3, 0.4) is 0 Å². The smallest absolute Gasteiger partial charge is 0.304 e. The van der Waals surface area contributed by atoms with Crippen LogP contribution in [0.5, 0.6) is 5.75 Å². The third kappa shape index (κ3) is 2.52. The summed E-state index contributed by atoms with van der Waals surface area (Å²) in [5.74, 6) is -0.450. The third-order valence-electron chi connectivity index (χ3n) is 2.92. The maximum Gasteiger partial charge on any atom is 0.304 e. The highest BCUT2D eigenvalue weighted by molar-refractivity contribution is 5.66. The zero-order chi connectivity index (χ0) is 11.5. The molecule has 86 valence electrons. The first kappa shape index (κ1) is 11.0. The molecular weight excluding hydrogens is 206 g/mol. The Morgan fingerprint density at radius 1 is 1.38 bits per heavy atom. The minimum Gasteiger partial charge on any atom is -0.508 e. The number of hydrogen-bond donors (Lipinski definition) is 2. The van der Waals surface area contributed by atoms with E-state index < -0.39 is 5.97 Å². The van der Waals surface area contributed by atoms with Gasteiger partial charge in [0, 0.05) is 19.6 Å². The average molecular weight is 221 g/mol. The van der Waals surface area contributed by atoms with Gasteiger partial charge in [0.25, 0.3) is 0 Å². The van der Waals surface area contributed by atoms with Crippen molar-refractivity contribution in [3.63, 3.8) is 0 Å². The molecule has 0 saturated carbocycles. The van der Waals surface area contributed by atoms with E-state index in [9.17, 15) is 9.90 Å². The molecule has 1 aliphatic rings. The van der Waals surface area contributed by atoms with E-state index >= 15 is 0 Å². The van der Waals surface area contributed by atoms with Crippen molar-refractivity contribution >= 4 is 5.97 Å². The Kier molecular flexibility index (Phi) is 3.10. The molecule has 1 heterocycles. The number of rotatable bonds is 3. The number of carboxylic acids is 1. The van der Waals surface area contributed by atoms with E-state index in [-0.39, 0.29) is 6.42 Å². The van der Waals surface area contributed by atoms with Gasteiger partial charge in [-0.05, 0) is 29.7 Å². The molecule has 2 rings (SSSR count). The zero-order valence-corrected chi connectivity index (χ0v) is 9.02. The first-order valence-corrected chi connectivity index (χ1v) is 5.40. The molecule has 0 unspecified atom stereocenters. The van der Waals surface area contributed by atoms with E-state index in [4.69, 9.17) is 5.11 Å². The summed E-state index contributed by atoms with van der Waals surface area (Å²) in [6, 6.07) is 5.39. The lowest BCUT2D eigenvalue weighted by Crippen LogP contribution is -2.32. The van der Waals surface area contributed by atoms with Crippen LogP contribution in [0.15, 0.2) is 18.2 Å². The first-order valence-electron chi connectivity index (χ1n) is 5.40. The van der Waals surface area contributed by atoms with Crippen LogP contribution in [-0.4, -0.2) is 34.2 Å². The molecule has 1 aliphatic heterocycles. The summed E-state index contributed by atoms with van der Waals surface area (Å²) in [5, 5.41) is 18.0. The third-order valence-corrected chi connectivity index (χ3v) is 2.92. The first-order chi connectivity index (χ1) is 7.65. The topological polar surface area (TPSA) is 60.8 Å². The number of carboxylic acid groups (broad SMARTS) is 1. The number of aromatic hydroxyl groups is 1. The fourth-order valence-corrected chi connectivity index (χ4v) is 2.04. The van der Waals surface area contributed by atoms with Crippen molar-refractivity contribution in [2.75, 3.05) is 13.1 Å². The summed E-state index contributed by atoms with van der Waals surface area (Å²) >= 11 is 0. The van der Waals surface area contributed by atoms with Crippen molar-refractivity contribution in [2.24, 2.45) is 0 Å². The van der Waals surface area contributed by atoms with Gasteiger partial charge in [0.05, 0.1) is 6.42 Å². The van der Waals surface area contributed by atoms with E-state index in [0.717, 1.165) is 19.5 Å². The summed E-state index contributed by atoms with van der Waals surface area (Å²) in [6.45, 7) is 2.24. The van der Waals surface area contributed by atoms with Crippen molar-refractivity contribution < 1.29 is 15.0 Å². The van der Waals surface area contributed by atoms with Gasteiger partial charge in [-0.2, -0.15) is 0 Å². The van der Waals surface area contributed by atoms with E-state index in [2.05, 4.69) is 4.90 Å². The van der Waals surface area contributed by atoms with Crippen molar-refractivity contribution in [1.82, 2.24) is 4.90 Å². The molecular formula is C12H15NO3. The highest BCUT2D eigenvalue weighted by Gasteiger charge is 2.16. The summed E-state index contributed by atoms with van der Waals surface area (Å²) < 4.78 is 0. The fraction of sp³-hybridized carbons (Fsp3) is 0.417. The Labute approximate surface area is 94.1 Å². The number of benzene rings is 1. The number of carbonyl (C=O) groups is 1. The Bertz CT molecular complexity index is 403. The van der Waals surface area contributed by atoms with Crippen molar-refractivity contribution in [3.8, 4) is 5.75 Å². The van der Waals surface area contributed by atoms with Crippen LogP contribution in [0.4, 0.5) is 0 Å². The molecule has 0 fully saturated rings. The zero-order valence-electron chi connectivity index (χ0n) is 9.02. The van der Waals surface area contributed by atoms with E-state index in [1.165, 1.54) is 11.1 Å². The maximum atomic E-state index is 10.5. The van der Waals surface area contributed by atoms with Gasteiger partial charge in [-0.3, -0.25) is 9.69 Å². The largest absolute Gasteiger partial charge is 0.508 e. The molecule has 4 nitrogen and oxygen atoms in total. The second kappa shape index (κ2) is 4.53. The Morgan fingerprint density at radius 3 is 2.94 bits per heavy atom. The number of phenols is 1. The highest BCUT2D eigenvalue weighted by atomic mass is 16.4. The summed E-state index contributed by atoms with van der Waals surface area (Å²) in [6.07, 6.45) is 1.07. The molecule has 0 saturated heterocycles. The Balaban J connectivity index is 2.01. The number of fused-ring (bicyclic) bond motifs is 1. The van der Waals surface area contributed by atoms with Crippen molar-refractivity contribution in [2.45, 2.75) is 19.4 Å². The lowest BCUT2D eigenvalue weighted by Gasteiger charge is -2.28. The van der Waals surface area contributed by atoms with Gasteiger partial charge >= 0.3 is 5.97 Å². The summed E-state index contributed by atoms with van der Waals surface area (Å²) in [4.78, 5) is 12.6. The van der Waals surface area contributed by atoms with E-state index in [1.807, 2.05) is 6.07 Å². The van der Waals surface area contributed by atoms with Crippen LogP contribution in [0.2, 0.25) is 0 Å². The van der Waals surface area contributed by atoms with Crippen LogP contribution >= 0.6 is 0 Å². The standard InChI is InChI=1S/C12H15NO3/c14-11-2-1-10-8-13(6-4-12(15)16)5-3-9(10)7-11/h1-2,7,14H,3-6,8H2,(H,15,16). The van der Waals surface area contributed by atoms with Crippen LogP contribution in [0, 0.1) is 0 Å². The number of aliphatic carboxylic acids is 1. The van der Waals surface area contributed by atoms with Crippen LogP contribution in [0.1, 0.15) is 17.5 Å². The molecule has 0 spiro atoms. The molecule has 1 aromatic carbocycles. The van der Waals surface area contributed by atoms with Gasteiger partial charge in [-0.1, -0.05) is 6.07 Å². The Hall–Kier alpha value is -1.55. The molecule has 16 heavy (non-hydrogen) atoms. The maximum absolute atomic E-state index is 10.5. The Morgan fingerprint density at radius 2 is 2.19 bits per heavy atom. The quantitative estimate of drug-likeness (QED) is 0.805. The highest BCUT2D eigenvalue weighted by Crippen LogP contribution is 2.22. The number of phenolic OH excluding ortho intramolecular Hbond substituents is 1. The monoisotopic (exact) mass is 221 g/mol. The van der Waals surface area contributed by atoms with Crippen LogP contribution < -0.4 is 0 Å². The van der Waals surface area contributed by atoms with Crippen LogP contribution in [0.25, 0.3) is 0 Å². The molecule has 0 radical (unpaired) electrons. The number of hydrogen-bond acceptors (Lipinski definition) is 3. The minimum atomic E-state index is -0.753. The van der Waals surface area contributed by atoms with Gasteiger partial charge in [-0.15, -0.1) is 0 Å². The average Bonchev–Trinajstić information content (AvgIpc) is 2.26. The van der Waals surface area contributed by atoms with E-state index in [1.54, 1.807) is 12.1 Å². The normalized spacial score (nSPS) is 15.8. The molecule has 4 heteroatoms. The van der Waals surface area contributed by atoms with Gasteiger partial charge in [-0.25, -0.2) is 0 Å². The van der Waals surface area contributed by atoms with Gasteiger partial charge in [0.1, 0.15) is 5.75 Å². The molecule has 0 amide bonds. The fourth-order valence-electron chi connectivity index (χ4n) is 2.04. The molecule has 0 aliphatic carbocycles. The lowest BCUT2D eigenvalue weighted by molar-refractivity contribution is -0.137. The molecule has 0 bridgehead atoms. The van der Waals surface area contributed by atoms with Crippen molar-refractivity contribution in [3.05, 3.63) is 29.3 Å². The van der Waals surface area contributed by atoms with Gasteiger partial charge < -0.3 is 10.2 Å². The number of nitrogens with zero attached hydrogens (tertiary/aromatic N) is 1. The van der Waals surface area contributed by atoms with Crippen LogP contribution in [-0.2, 0) is 17.8 Å². The predicted molar refractivity (Wildman–Crippen MR) is 59.3 cm³/mol. The minimum absolute atomic E-state index is 0.188. The van der Waals surface area contributed by atoms with Gasteiger partial charge in [0.15, 0.2) is 0 Å². The molecule has 1 aromatic rings. The second-order valence-corrected chi connectivity index (χ2v) is 4.12. The molecule has 0 atom stereocenters. The molecule has 0 aromatic heterocycles. The van der Waals surface area contributed by atoms with E-state index in [0.29, 0.717) is 12.3 Å². The summed E-state index contributed by atoms with van der Waals surface area (Å²) in [7, 11) is 0. The van der Waals surface area contributed by atoms with Crippen molar-refractivity contribution in [1.29, 1.82) is 0 Å². The SMILES string of the molecule is O=C(O)CCN1CCc2cc(O)ccc2C1. The molecule has 2 N–H and O–H groups in total. The summed E-state index contributed by atoms with van der Waals surface area (Å²) in [5.41, 5.74) is 2.36. The lowest BCUT2D eigenvalue weighted by atomic mass is 9.99. The predicted octanol–water partition coefficient (Wildman–Crippen LogP) is 1.22. The second-order valence-electron chi connectivity index (χ2n) is 4.12. The van der Waals surface area contributed by atoms with Gasteiger partial charge in [0.2, 0.25) is 0 Å².